The normalized spacial score (nSPS) is 24.5. The lowest BCUT2D eigenvalue weighted by atomic mass is 9.94. The SMILES string of the molecule is COCCN1C(=O)[C@H]2CC[C@@H]1CN(Cc1ccc(F)c(Cl)c1F)C2. The predicted octanol–water partition coefficient (Wildman–Crippen LogP) is 2.69. The molecule has 1 amide bonds. The molecule has 3 aliphatic rings. The Kier molecular flexibility index (Phi) is 5.37. The number of piperidine rings is 1. The van der Waals surface area contributed by atoms with Gasteiger partial charge in [0.05, 0.1) is 12.5 Å². The minimum absolute atomic E-state index is 0.0698. The Morgan fingerprint density at radius 1 is 1.29 bits per heavy atom. The highest BCUT2D eigenvalue weighted by molar-refractivity contribution is 6.30. The number of rotatable bonds is 5. The van der Waals surface area contributed by atoms with Crippen LogP contribution in [0.4, 0.5) is 8.78 Å². The molecule has 132 valence electrons. The number of ether oxygens (including phenoxy) is 1. The monoisotopic (exact) mass is 358 g/mol. The van der Waals surface area contributed by atoms with Crippen molar-refractivity contribution in [1.29, 1.82) is 0 Å². The van der Waals surface area contributed by atoms with E-state index >= 15 is 0 Å². The first kappa shape index (κ1) is 17.6. The minimum Gasteiger partial charge on any atom is -0.383 e. The zero-order valence-electron chi connectivity index (χ0n) is 13.6. The van der Waals surface area contributed by atoms with E-state index in [0.29, 0.717) is 38.3 Å². The van der Waals surface area contributed by atoms with E-state index < -0.39 is 16.7 Å². The molecule has 4 rings (SSSR count). The third kappa shape index (κ3) is 3.41. The molecule has 2 bridgehead atoms. The molecular formula is C17H21ClF2N2O2. The molecule has 7 heteroatoms. The van der Waals surface area contributed by atoms with Crippen LogP contribution >= 0.6 is 11.6 Å². The molecule has 24 heavy (non-hydrogen) atoms. The van der Waals surface area contributed by atoms with Gasteiger partial charge in [-0.05, 0) is 18.9 Å². The Morgan fingerprint density at radius 3 is 2.83 bits per heavy atom. The number of carbonyl (C=O) groups is 1. The molecule has 1 aromatic carbocycles. The second-order valence-corrected chi connectivity index (χ2v) is 6.86. The van der Waals surface area contributed by atoms with Crippen molar-refractivity contribution in [2.75, 3.05) is 33.4 Å². The lowest BCUT2D eigenvalue weighted by Crippen LogP contribution is -2.49. The quantitative estimate of drug-likeness (QED) is 0.759. The van der Waals surface area contributed by atoms with E-state index in [9.17, 15) is 13.6 Å². The largest absolute Gasteiger partial charge is 0.383 e. The average Bonchev–Trinajstić information content (AvgIpc) is 2.84. The fraction of sp³-hybridized carbons (Fsp3) is 0.588. The molecule has 0 unspecified atom stereocenters. The molecule has 3 heterocycles. The van der Waals surface area contributed by atoms with Crippen LogP contribution in [0.25, 0.3) is 0 Å². The van der Waals surface area contributed by atoms with Crippen LogP contribution in [0.1, 0.15) is 18.4 Å². The summed E-state index contributed by atoms with van der Waals surface area (Å²) in [5.41, 5.74) is 0.360. The van der Waals surface area contributed by atoms with Crippen molar-refractivity contribution in [3.63, 3.8) is 0 Å². The number of hydrogen-bond donors (Lipinski definition) is 0. The van der Waals surface area contributed by atoms with Crippen molar-refractivity contribution < 1.29 is 18.3 Å². The van der Waals surface area contributed by atoms with E-state index in [-0.39, 0.29) is 17.9 Å². The van der Waals surface area contributed by atoms with Gasteiger partial charge < -0.3 is 9.64 Å². The zero-order chi connectivity index (χ0) is 17.3. The second-order valence-electron chi connectivity index (χ2n) is 6.48. The van der Waals surface area contributed by atoms with Crippen molar-refractivity contribution in [2.24, 2.45) is 5.92 Å². The van der Waals surface area contributed by atoms with Crippen LogP contribution in [0.5, 0.6) is 0 Å². The molecule has 0 radical (unpaired) electrons. The summed E-state index contributed by atoms with van der Waals surface area (Å²) in [7, 11) is 1.62. The topological polar surface area (TPSA) is 32.8 Å². The smallest absolute Gasteiger partial charge is 0.227 e. The van der Waals surface area contributed by atoms with Gasteiger partial charge in [-0.15, -0.1) is 0 Å². The van der Waals surface area contributed by atoms with Gasteiger partial charge >= 0.3 is 0 Å². The van der Waals surface area contributed by atoms with E-state index in [4.69, 9.17) is 16.3 Å². The van der Waals surface area contributed by atoms with Crippen LogP contribution in [0.15, 0.2) is 12.1 Å². The maximum Gasteiger partial charge on any atom is 0.227 e. The van der Waals surface area contributed by atoms with Crippen LogP contribution in [-0.2, 0) is 16.1 Å². The fourth-order valence-corrected chi connectivity index (χ4v) is 3.86. The Bertz CT molecular complexity index is 629. The summed E-state index contributed by atoms with van der Waals surface area (Å²) in [6.07, 6.45) is 1.80. The molecule has 3 aliphatic heterocycles. The summed E-state index contributed by atoms with van der Waals surface area (Å²) in [4.78, 5) is 16.5. The zero-order valence-corrected chi connectivity index (χ0v) is 14.4. The van der Waals surface area contributed by atoms with Gasteiger partial charge in [0.25, 0.3) is 0 Å². The van der Waals surface area contributed by atoms with Crippen molar-refractivity contribution in [2.45, 2.75) is 25.4 Å². The van der Waals surface area contributed by atoms with Gasteiger partial charge in [-0.3, -0.25) is 9.69 Å². The summed E-state index contributed by atoms with van der Waals surface area (Å²) >= 11 is 5.66. The van der Waals surface area contributed by atoms with Crippen molar-refractivity contribution in [1.82, 2.24) is 9.80 Å². The molecule has 0 aliphatic carbocycles. The molecule has 2 atom stereocenters. The Labute approximate surface area is 145 Å². The number of carbonyl (C=O) groups excluding carboxylic acids is 1. The van der Waals surface area contributed by atoms with Crippen LogP contribution in [0, 0.1) is 17.6 Å². The molecule has 0 aromatic heterocycles. The molecule has 0 N–H and O–H groups in total. The number of halogens is 3. The van der Waals surface area contributed by atoms with E-state index in [1.807, 2.05) is 4.90 Å². The molecular weight excluding hydrogens is 338 g/mol. The molecule has 3 saturated heterocycles. The Morgan fingerprint density at radius 2 is 2.08 bits per heavy atom. The molecule has 0 saturated carbocycles. The van der Waals surface area contributed by atoms with Crippen LogP contribution in [0.3, 0.4) is 0 Å². The molecule has 1 aromatic rings. The number of hydrogen-bond acceptors (Lipinski definition) is 3. The summed E-state index contributed by atoms with van der Waals surface area (Å²) in [6.45, 7) is 2.69. The average molecular weight is 359 g/mol. The van der Waals surface area contributed by atoms with Crippen molar-refractivity contribution in [3.05, 3.63) is 34.4 Å². The third-order valence-electron chi connectivity index (χ3n) is 4.91. The summed E-state index contributed by atoms with van der Waals surface area (Å²) in [5, 5.41) is -0.469. The van der Waals surface area contributed by atoms with Gasteiger partial charge in [0.2, 0.25) is 5.91 Å². The van der Waals surface area contributed by atoms with E-state index in [1.165, 1.54) is 12.1 Å². The first-order valence-electron chi connectivity index (χ1n) is 8.15. The van der Waals surface area contributed by atoms with Gasteiger partial charge in [-0.2, -0.15) is 0 Å². The predicted molar refractivity (Wildman–Crippen MR) is 86.7 cm³/mol. The van der Waals surface area contributed by atoms with Crippen molar-refractivity contribution in [3.8, 4) is 0 Å². The molecule has 0 spiro atoms. The summed E-state index contributed by atoms with van der Waals surface area (Å²) in [5.74, 6) is -1.38. The third-order valence-corrected chi connectivity index (χ3v) is 5.26. The first-order chi connectivity index (χ1) is 11.5. The maximum absolute atomic E-state index is 14.2. The Hall–Kier alpha value is -1.24. The fourth-order valence-electron chi connectivity index (χ4n) is 3.67. The maximum atomic E-state index is 14.2. The van der Waals surface area contributed by atoms with E-state index in [2.05, 4.69) is 4.90 Å². The van der Waals surface area contributed by atoms with Gasteiger partial charge in [-0.25, -0.2) is 8.78 Å². The van der Waals surface area contributed by atoms with Gasteiger partial charge in [-0.1, -0.05) is 17.7 Å². The highest BCUT2D eigenvalue weighted by Crippen LogP contribution is 2.30. The van der Waals surface area contributed by atoms with E-state index in [0.717, 1.165) is 12.8 Å². The van der Waals surface area contributed by atoms with Crippen LogP contribution < -0.4 is 0 Å². The number of benzene rings is 1. The number of amides is 1. The molecule has 3 fully saturated rings. The van der Waals surface area contributed by atoms with Gasteiger partial charge in [0, 0.05) is 44.9 Å². The second kappa shape index (κ2) is 7.33. The minimum atomic E-state index is -0.755. The lowest BCUT2D eigenvalue weighted by molar-refractivity contribution is -0.140. The van der Waals surface area contributed by atoms with Crippen molar-refractivity contribution >= 4 is 17.5 Å². The van der Waals surface area contributed by atoms with E-state index in [1.54, 1.807) is 7.11 Å². The molecule has 4 nitrogen and oxygen atoms in total. The standard InChI is InChI=1S/C17H21ClF2N2O2/c1-24-7-6-22-13-4-2-12(17(22)23)9-21(10-13)8-11-3-5-14(19)15(18)16(11)20/h3,5,12-13H,2,4,6-10H2,1H3/t12-,13+/m0/s1. The van der Waals surface area contributed by atoms with Crippen LogP contribution in [-0.4, -0.2) is 55.1 Å². The number of fused-ring (bicyclic) bond motifs is 4. The highest BCUT2D eigenvalue weighted by Gasteiger charge is 2.40. The first-order valence-corrected chi connectivity index (χ1v) is 8.53. The number of nitrogens with zero attached hydrogens (tertiary/aromatic N) is 2. The van der Waals surface area contributed by atoms with Gasteiger partial charge in [0.1, 0.15) is 16.7 Å². The number of methoxy groups -OCH3 is 1. The Balaban J connectivity index is 1.75. The van der Waals surface area contributed by atoms with Crippen LogP contribution in [0.2, 0.25) is 5.02 Å². The summed E-state index contributed by atoms with van der Waals surface area (Å²) < 4.78 is 32.6. The highest BCUT2D eigenvalue weighted by atomic mass is 35.5. The lowest BCUT2D eigenvalue weighted by Gasteiger charge is -2.35. The van der Waals surface area contributed by atoms with Gasteiger partial charge in [0.15, 0.2) is 0 Å². The summed E-state index contributed by atoms with van der Waals surface area (Å²) in [6, 6.07) is 2.72.